The van der Waals surface area contributed by atoms with Crippen LogP contribution in [0.3, 0.4) is 0 Å². The summed E-state index contributed by atoms with van der Waals surface area (Å²) >= 11 is 0. The third-order valence-electron chi connectivity index (χ3n) is 4.38. The number of hydrogen-bond donors (Lipinski definition) is 1. The average molecular weight is 352 g/mol. The Balaban J connectivity index is 2.17. The molecule has 0 fully saturated rings. The second kappa shape index (κ2) is 10.6. The summed E-state index contributed by atoms with van der Waals surface area (Å²) in [5.41, 5.74) is 6.08. The first-order valence-corrected chi connectivity index (χ1v) is 9.29. The monoisotopic (exact) mass is 352 g/mol. The van der Waals surface area contributed by atoms with Crippen LogP contribution in [0, 0.1) is 0 Å². The first-order chi connectivity index (χ1) is 12.7. The van der Waals surface area contributed by atoms with Gasteiger partial charge in [0.05, 0.1) is 6.61 Å². The lowest BCUT2D eigenvalue weighted by Gasteiger charge is -2.13. The number of hydrogen-bond acceptors (Lipinski definition) is 3. The fourth-order valence-corrected chi connectivity index (χ4v) is 3.05. The molecule has 2 rings (SSSR count). The zero-order chi connectivity index (χ0) is 18.8. The maximum Gasteiger partial charge on any atom is 0.330 e. The number of esters is 1. The van der Waals surface area contributed by atoms with E-state index in [1.54, 1.807) is 0 Å². The van der Waals surface area contributed by atoms with E-state index in [0.717, 1.165) is 31.2 Å². The zero-order valence-electron chi connectivity index (χ0n) is 15.5. The first-order valence-electron chi connectivity index (χ1n) is 9.29. The van der Waals surface area contributed by atoms with E-state index in [1.807, 2.05) is 0 Å². The molecule has 0 aliphatic heterocycles. The van der Waals surface area contributed by atoms with Gasteiger partial charge in [0.25, 0.3) is 0 Å². The van der Waals surface area contributed by atoms with Crippen LogP contribution >= 0.6 is 0 Å². The highest BCUT2D eigenvalue weighted by molar-refractivity contribution is 5.81. The van der Waals surface area contributed by atoms with Gasteiger partial charge < -0.3 is 9.84 Å². The molecule has 0 radical (unpaired) electrons. The van der Waals surface area contributed by atoms with Crippen molar-refractivity contribution in [3.63, 3.8) is 0 Å². The largest absolute Gasteiger partial charge is 0.463 e. The third kappa shape index (κ3) is 5.85. The normalized spacial score (nSPS) is 10.5. The molecule has 0 unspecified atom stereocenters. The molecule has 0 atom stereocenters. The summed E-state index contributed by atoms with van der Waals surface area (Å²) < 4.78 is 5.08. The van der Waals surface area contributed by atoms with E-state index in [-0.39, 0.29) is 12.6 Å². The number of aliphatic hydroxyl groups excluding tert-OH is 1. The molecule has 2 aromatic carbocycles. The minimum Gasteiger partial charge on any atom is -0.463 e. The van der Waals surface area contributed by atoms with Crippen molar-refractivity contribution in [2.45, 2.75) is 39.0 Å². The number of ether oxygens (including phenoxy) is 1. The van der Waals surface area contributed by atoms with Crippen LogP contribution in [0.4, 0.5) is 0 Å². The van der Waals surface area contributed by atoms with Gasteiger partial charge in [-0.3, -0.25) is 0 Å². The van der Waals surface area contributed by atoms with Crippen molar-refractivity contribution in [3.05, 3.63) is 71.8 Å². The van der Waals surface area contributed by atoms with Crippen LogP contribution < -0.4 is 0 Å². The van der Waals surface area contributed by atoms with Gasteiger partial charge in [0, 0.05) is 12.7 Å². The molecular weight excluding hydrogens is 324 g/mol. The molecule has 0 saturated carbocycles. The number of aryl methyl sites for hydroxylation is 2. The Kier molecular flexibility index (Phi) is 8.10. The second-order valence-corrected chi connectivity index (χ2v) is 6.39. The first kappa shape index (κ1) is 19.9. The van der Waals surface area contributed by atoms with Gasteiger partial charge in [0.15, 0.2) is 0 Å². The Morgan fingerprint density at radius 1 is 1.08 bits per heavy atom. The third-order valence-corrected chi connectivity index (χ3v) is 4.38. The van der Waals surface area contributed by atoms with Crippen molar-refractivity contribution in [1.29, 1.82) is 0 Å². The van der Waals surface area contributed by atoms with Gasteiger partial charge in [0.2, 0.25) is 0 Å². The highest BCUT2D eigenvalue weighted by Gasteiger charge is 2.08. The van der Waals surface area contributed by atoms with Crippen molar-refractivity contribution in [2.75, 3.05) is 13.2 Å². The summed E-state index contributed by atoms with van der Waals surface area (Å²) in [6.07, 6.45) is 5.64. The molecule has 0 aliphatic rings. The molecule has 3 heteroatoms. The summed E-state index contributed by atoms with van der Waals surface area (Å²) in [7, 11) is 0. The topological polar surface area (TPSA) is 46.5 Å². The van der Waals surface area contributed by atoms with Gasteiger partial charge in [0.1, 0.15) is 0 Å². The van der Waals surface area contributed by atoms with Crippen LogP contribution in [-0.2, 0) is 28.8 Å². The van der Waals surface area contributed by atoms with E-state index in [4.69, 9.17) is 4.74 Å². The van der Waals surface area contributed by atoms with Crippen LogP contribution in [0.1, 0.15) is 36.5 Å². The molecule has 1 N–H and O–H groups in total. The molecule has 0 heterocycles. The fourth-order valence-electron chi connectivity index (χ4n) is 3.05. The maximum atomic E-state index is 11.2. The molecule has 0 spiro atoms. The lowest BCUT2D eigenvalue weighted by molar-refractivity contribution is -0.137. The fraction of sp³-hybridized carbons (Fsp3) is 0.348. The molecule has 0 amide bonds. The molecule has 2 aromatic rings. The van der Waals surface area contributed by atoms with Gasteiger partial charge in [-0.2, -0.15) is 0 Å². The molecule has 138 valence electrons. The summed E-state index contributed by atoms with van der Waals surface area (Å²) in [5, 5.41) is 9.21. The van der Waals surface area contributed by atoms with E-state index in [0.29, 0.717) is 13.0 Å². The highest BCUT2D eigenvalue weighted by atomic mass is 16.5. The smallest absolute Gasteiger partial charge is 0.330 e. The van der Waals surface area contributed by atoms with Crippen molar-refractivity contribution in [2.24, 2.45) is 0 Å². The van der Waals surface area contributed by atoms with Crippen LogP contribution in [0.2, 0.25) is 0 Å². The van der Waals surface area contributed by atoms with Gasteiger partial charge >= 0.3 is 5.97 Å². The lowest BCUT2D eigenvalue weighted by Crippen LogP contribution is -2.04. The summed E-state index contributed by atoms with van der Waals surface area (Å²) in [5.74, 6) is -0.384. The van der Waals surface area contributed by atoms with Crippen LogP contribution in [0.25, 0.3) is 11.1 Å². The molecule has 0 aliphatic carbocycles. The number of carbonyl (C=O) groups excluding carboxylic acids is 1. The molecule has 3 nitrogen and oxygen atoms in total. The van der Waals surface area contributed by atoms with Gasteiger partial charge in [-0.25, -0.2) is 4.79 Å². The summed E-state index contributed by atoms with van der Waals surface area (Å²) in [4.78, 5) is 11.2. The standard InChI is InChI=1S/C23H28O3/c1-3-6-18-8-11-20(12-9-18)22-13-10-19(14-15-24)17-21(22)7-5-16-26-23(25)4-2/h4,8-13,17,24H,2-3,5-7,14-16H2,1H3. The van der Waals surface area contributed by atoms with Gasteiger partial charge in [-0.05, 0) is 53.5 Å². The zero-order valence-corrected chi connectivity index (χ0v) is 15.5. The predicted octanol–water partition coefficient (Wildman–Crippen LogP) is 4.50. The van der Waals surface area contributed by atoms with Crippen molar-refractivity contribution in [3.8, 4) is 11.1 Å². The van der Waals surface area contributed by atoms with Gasteiger partial charge in [-0.1, -0.05) is 62.4 Å². The number of rotatable bonds is 10. The quantitative estimate of drug-likeness (QED) is 0.389. The van der Waals surface area contributed by atoms with E-state index in [9.17, 15) is 9.90 Å². The Bertz CT molecular complexity index is 717. The van der Waals surface area contributed by atoms with E-state index < -0.39 is 0 Å². The molecular formula is C23H28O3. The average Bonchev–Trinajstić information content (AvgIpc) is 2.66. The molecule has 26 heavy (non-hydrogen) atoms. The van der Waals surface area contributed by atoms with E-state index >= 15 is 0 Å². The van der Waals surface area contributed by atoms with Gasteiger partial charge in [-0.15, -0.1) is 0 Å². The maximum absolute atomic E-state index is 11.2. The Hall–Kier alpha value is -2.39. The molecule has 0 aromatic heterocycles. The SMILES string of the molecule is C=CC(=O)OCCCc1cc(CCO)ccc1-c1ccc(CCC)cc1. The second-order valence-electron chi connectivity index (χ2n) is 6.39. The minimum absolute atomic E-state index is 0.140. The van der Waals surface area contributed by atoms with E-state index in [2.05, 4.69) is 56.0 Å². The summed E-state index contributed by atoms with van der Waals surface area (Å²) in [6.45, 7) is 6.11. The number of aliphatic hydroxyl groups is 1. The Morgan fingerprint density at radius 2 is 1.81 bits per heavy atom. The van der Waals surface area contributed by atoms with Crippen molar-refractivity contribution in [1.82, 2.24) is 0 Å². The highest BCUT2D eigenvalue weighted by Crippen LogP contribution is 2.27. The number of benzene rings is 2. The Morgan fingerprint density at radius 3 is 2.46 bits per heavy atom. The Labute approximate surface area is 156 Å². The minimum atomic E-state index is -0.384. The van der Waals surface area contributed by atoms with E-state index in [1.165, 1.54) is 28.3 Å². The summed E-state index contributed by atoms with van der Waals surface area (Å²) in [6, 6.07) is 15.1. The lowest BCUT2D eigenvalue weighted by atomic mass is 9.93. The van der Waals surface area contributed by atoms with Crippen LogP contribution in [-0.4, -0.2) is 24.3 Å². The number of carbonyl (C=O) groups is 1. The van der Waals surface area contributed by atoms with Crippen LogP contribution in [0.5, 0.6) is 0 Å². The molecule has 0 bridgehead atoms. The predicted molar refractivity (Wildman–Crippen MR) is 106 cm³/mol. The molecule has 0 saturated heterocycles. The van der Waals surface area contributed by atoms with Crippen molar-refractivity contribution < 1.29 is 14.6 Å². The van der Waals surface area contributed by atoms with Crippen molar-refractivity contribution >= 4 is 5.97 Å². The van der Waals surface area contributed by atoms with Crippen LogP contribution in [0.15, 0.2) is 55.1 Å².